The highest BCUT2D eigenvalue weighted by atomic mass is 35.5. The molecule has 1 heterocycles. The largest absolute Gasteiger partial charge is 0.371 e. The van der Waals surface area contributed by atoms with Gasteiger partial charge in [0.25, 0.3) is 0 Å². The van der Waals surface area contributed by atoms with E-state index in [-0.39, 0.29) is 6.10 Å². The lowest BCUT2D eigenvalue weighted by Gasteiger charge is -2.26. The van der Waals surface area contributed by atoms with E-state index < -0.39 is 0 Å². The van der Waals surface area contributed by atoms with Crippen LogP contribution in [0.2, 0.25) is 10.0 Å². The second kappa shape index (κ2) is 6.60. The Morgan fingerprint density at radius 2 is 2.21 bits per heavy atom. The molecular formula is C14H18Cl2N2O. The number of nitrogens with zero attached hydrogens (tertiary/aromatic N) is 1. The van der Waals surface area contributed by atoms with Crippen molar-refractivity contribution in [2.45, 2.75) is 20.0 Å². The van der Waals surface area contributed by atoms with Crippen molar-refractivity contribution in [3.63, 3.8) is 0 Å². The molecule has 19 heavy (non-hydrogen) atoms. The van der Waals surface area contributed by atoms with Crippen LogP contribution in [0.1, 0.15) is 25.5 Å². The van der Waals surface area contributed by atoms with Crippen LogP contribution in [0.15, 0.2) is 23.2 Å². The lowest BCUT2D eigenvalue weighted by atomic mass is 10.1. The topological polar surface area (TPSA) is 33.6 Å². The van der Waals surface area contributed by atoms with Crippen LogP contribution in [0.3, 0.4) is 0 Å². The average Bonchev–Trinajstić information content (AvgIpc) is 2.41. The Morgan fingerprint density at radius 1 is 1.42 bits per heavy atom. The van der Waals surface area contributed by atoms with Crippen molar-refractivity contribution in [1.29, 1.82) is 0 Å². The molecule has 1 aromatic rings. The highest BCUT2D eigenvalue weighted by Gasteiger charge is 2.22. The van der Waals surface area contributed by atoms with Gasteiger partial charge in [0.1, 0.15) is 11.9 Å². The Hall–Kier alpha value is -0.770. The predicted octanol–water partition coefficient (Wildman–Crippen LogP) is 3.71. The van der Waals surface area contributed by atoms with Gasteiger partial charge in [-0.3, -0.25) is 4.99 Å². The first kappa shape index (κ1) is 14.6. The molecule has 0 amide bonds. The lowest BCUT2D eigenvalue weighted by molar-refractivity contribution is 0.106. The van der Waals surface area contributed by atoms with Gasteiger partial charge in [0, 0.05) is 19.7 Å². The Balaban J connectivity index is 2.26. The summed E-state index contributed by atoms with van der Waals surface area (Å²) in [6.07, 6.45) is -0.202. The Bertz CT molecular complexity index is 477. The standard InChI is InChI=1S/C14H18Cl2N2O/c1-3-19-13(14-17-7-9(2)8-18-14)10-4-5-11(15)12(16)6-10/h4-6,9,13H,3,7-8H2,1-2H3,(H,17,18). The summed E-state index contributed by atoms with van der Waals surface area (Å²) in [6, 6.07) is 5.56. The van der Waals surface area contributed by atoms with Crippen LogP contribution in [0.4, 0.5) is 0 Å². The molecule has 1 aromatic carbocycles. The second-order valence-corrected chi connectivity index (χ2v) is 5.54. The van der Waals surface area contributed by atoms with Crippen LogP contribution in [0.25, 0.3) is 0 Å². The zero-order chi connectivity index (χ0) is 13.8. The second-order valence-electron chi connectivity index (χ2n) is 4.72. The number of amidine groups is 1. The molecule has 2 atom stereocenters. The van der Waals surface area contributed by atoms with Crippen molar-refractivity contribution in [2.24, 2.45) is 10.9 Å². The molecule has 0 aromatic heterocycles. The maximum atomic E-state index is 6.07. The van der Waals surface area contributed by atoms with Crippen LogP contribution < -0.4 is 5.32 Å². The molecule has 3 nitrogen and oxygen atoms in total. The molecule has 1 N–H and O–H groups in total. The van der Waals surface area contributed by atoms with E-state index in [1.807, 2.05) is 19.1 Å². The van der Waals surface area contributed by atoms with Gasteiger partial charge in [-0.1, -0.05) is 36.2 Å². The van der Waals surface area contributed by atoms with Gasteiger partial charge in [-0.05, 0) is 30.5 Å². The molecule has 2 unspecified atom stereocenters. The highest BCUT2D eigenvalue weighted by molar-refractivity contribution is 6.42. The first-order valence-electron chi connectivity index (χ1n) is 6.46. The monoisotopic (exact) mass is 300 g/mol. The van der Waals surface area contributed by atoms with Gasteiger partial charge >= 0.3 is 0 Å². The summed E-state index contributed by atoms with van der Waals surface area (Å²) in [5.74, 6) is 1.43. The van der Waals surface area contributed by atoms with Crippen LogP contribution >= 0.6 is 23.2 Å². The van der Waals surface area contributed by atoms with Crippen molar-refractivity contribution < 1.29 is 4.74 Å². The number of hydrogen-bond donors (Lipinski definition) is 1. The average molecular weight is 301 g/mol. The van der Waals surface area contributed by atoms with Gasteiger partial charge in [0.05, 0.1) is 10.0 Å². The molecule has 0 spiro atoms. The Morgan fingerprint density at radius 3 is 2.79 bits per heavy atom. The summed E-state index contributed by atoms with van der Waals surface area (Å²) in [5, 5.41) is 4.42. The molecule has 0 aliphatic carbocycles. The van der Waals surface area contributed by atoms with Gasteiger partial charge < -0.3 is 10.1 Å². The van der Waals surface area contributed by atoms with E-state index in [1.54, 1.807) is 6.07 Å². The highest BCUT2D eigenvalue weighted by Crippen LogP contribution is 2.28. The van der Waals surface area contributed by atoms with E-state index >= 15 is 0 Å². The summed E-state index contributed by atoms with van der Waals surface area (Å²) in [5.41, 5.74) is 0.969. The van der Waals surface area contributed by atoms with Crippen LogP contribution in [-0.2, 0) is 4.74 Å². The molecule has 5 heteroatoms. The molecule has 0 saturated carbocycles. The number of halogens is 2. The minimum atomic E-state index is -0.202. The number of benzene rings is 1. The maximum absolute atomic E-state index is 6.07. The lowest BCUT2D eigenvalue weighted by Crippen LogP contribution is -2.39. The SMILES string of the molecule is CCOC(C1=NCC(C)CN1)c1ccc(Cl)c(Cl)c1. The van der Waals surface area contributed by atoms with Crippen LogP contribution in [-0.4, -0.2) is 25.5 Å². The Labute approximate surface area is 124 Å². The van der Waals surface area contributed by atoms with Gasteiger partial charge in [0.15, 0.2) is 0 Å². The number of rotatable bonds is 4. The van der Waals surface area contributed by atoms with Crippen molar-refractivity contribution in [2.75, 3.05) is 19.7 Å². The Kier molecular flexibility index (Phi) is 5.08. The van der Waals surface area contributed by atoms with Gasteiger partial charge in [-0.2, -0.15) is 0 Å². The molecule has 1 aliphatic rings. The van der Waals surface area contributed by atoms with E-state index in [9.17, 15) is 0 Å². The van der Waals surface area contributed by atoms with E-state index in [4.69, 9.17) is 27.9 Å². The van der Waals surface area contributed by atoms with Gasteiger partial charge in [0.2, 0.25) is 0 Å². The summed E-state index contributed by atoms with van der Waals surface area (Å²) >= 11 is 12.0. The zero-order valence-electron chi connectivity index (χ0n) is 11.1. The first-order chi connectivity index (χ1) is 9.11. The van der Waals surface area contributed by atoms with Crippen molar-refractivity contribution in [3.8, 4) is 0 Å². The summed E-state index contributed by atoms with van der Waals surface area (Å²) in [6.45, 7) is 6.50. The van der Waals surface area contributed by atoms with Crippen LogP contribution in [0, 0.1) is 5.92 Å². The molecule has 2 rings (SSSR count). The van der Waals surface area contributed by atoms with Crippen molar-refractivity contribution in [3.05, 3.63) is 33.8 Å². The van der Waals surface area contributed by atoms with Crippen molar-refractivity contribution >= 4 is 29.0 Å². The van der Waals surface area contributed by atoms with E-state index in [0.717, 1.165) is 24.5 Å². The fourth-order valence-electron chi connectivity index (χ4n) is 2.00. The molecule has 104 valence electrons. The molecule has 0 radical (unpaired) electrons. The molecule has 0 bridgehead atoms. The number of nitrogens with one attached hydrogen (secondary N) is 1. The van der Waals surface area contributed by atoms with Crippen LogP contribution in [0.5, 0.6) is 0 Å². The zero-order valence-corrected chi connectivity index (χ0v) is 12.6. The van der Waals surface area contributed by atoms with Gasteiger partial charge in [-0.15, -0.1) is 0 Å². The number of hydrogen-bond acceptors (Lipinski definition) is 3. The first-order valence-corrected chi connectivity index (χ1v) is 7.22. The smallest absolute Gasteiger partial charge is 0.139 e. The normalized spacial score (nSPS) is 20.6. The molecule has 0 saturated heterocycles. The molecule has 1 aliphatic heterocycles. The van der Waals surface area contributed by atoms with Crippen molar-refractivity contribution in [1.82, 2.24) is 5.32 Å². The van der Waals surface area contributed by atoms with E-state index in [0.29, 0.717) is 22.6 Å². The number of aliphatic imine (C=N–C) groups is 1. The van der Waals surface area contributed by atoms with Gasteiger partial charge in [-0.25, -0.2) is 0 Å². The minimum absolute atomic E-state index is 0.202. The molecule has 0 fully saturated rings. The maximum Gasteiger partial charge on any atom is 0.139 e. The third kappa shape index (κ3) is 3.62. The fraction of sp³-hybridized carbons (Fsp3) is 0.500. The summed E-state index contributed by atoms with van der Waals surface area (Å²) in [4.78, 5) is 4.56. The third-order valence-electron chi connectivity index (χ3n) is 3.03. The predicted molar refractivity (Wildman–Crippen MR) is 80.3 cm³/mol. The summed E-state index contributed by atoms with van der Waals surface area (Å²) < 4.78 is 5.80. The summed E-state index contributed by atoms with van der Waals surface area (Å²) in [7, 11) is 0. The minimum Gasteiger partial charge on any atom is -0.371 e. The van der Waals surface area contributed by atoms with E-state index in [2.05, 4.69) is 17.2 Å². The number of ether oxygens (including phenoxy) is 1. The van der Waals surface area contributed by atoms with E-state index in [1.165, 1.54) is 0 Å². The quantitative estimate of drug-likeness (QED) is 0.920. The molecular weight excluding hydrogens is 283 g/mol. The third-order valence-corrected chi connectivity index (χ3v) is 3.77. The fourth-order valence-corrected chi connectivity index (χ4v) is 2.31.